The van der Waals surface area contributed by atoms with Crippen LogP contribution in [0.25, 0.3) is 11.1 Å². The Kier molecular flexibility index (Phi) is 9.97. The second-order valence-electron chi connectivity index (χ2n) is 12.6. The Morgan fingerprint density at radius 2 is 1.73 bits per heavy atom. The van der Waals surface area contributed by atoms with Gasteiger partial charge in [-0.1, -0.05) is 12.1 Å². The minimum absolute atomic E-state index is 0.0773. The van der Waals surface area contributed by atoms with E-state index in [9.17, 15) is 18.4 Å². The number of aromatic amines is 1. The van der Waals surface area contributed by atoms with Gasteiger partial charge in [-0.15, -0.1) is 0 Å². The monoisotopic (exact) mass is 620 g/mol. The average Bonchev–Trinajstić information content (AvgIpc) is 3.02. The van der Waals surface area contributed by atoms with E-state index in [1.807, 2.05) is 46.0 Å². The highest BCUT2D eigenvalue weighted by molar-refractivity contribution is 5.99. The Morgan fingerprint density at radius 1 is 1.02 bits per heavy atom. The van der Waals surface area contributed by atoms with Crippen LogP contribution in [0.5, 0.6) is 0 Å². The molecule has 1 amide bonds. The van der Waals surface area contributed by atoms with Crippen molar-refractivity contribution in [1.82, 2.24) is 10.3 Å². The van der Waals surface area contributed by atoms with Gasteiger partial charge >= 0.3 is 0 Å². The van der Waals surface area contributed by atoms with Gasteiger partial charge in [-0.2, -0.15) is 0 Å². The molecule has 0 atom stereocenters. The highest BCUT2D eigenvalue weighted by Crippen LogP contribution is 2.44. The summed E-state index contributed by atoms with van der Waals surface area (Å²) in [5.41, 5.74) is 8.20. The van der Waals surface area contributed by atoms with E-state index in [-0.39, 0.29) is 36.8 Å². The Bertz CT molecular complexity index is 1590. The van der Waals surface area contributed by atoms with E-state index in [0.717, 1.165) is 64.3 Å². The molecule has 0 spiro atoms. The maximum Gasteiger partial charge on any atom is 0.253 e. The van der Waals surface area contributed by atoms with E-state index in [2.05, 4.69) is 45.6 Å². The molecule has 2 aliphatic rings. The summed E-state index contributed by atoms with van der Waals surface area (Å²) in [4.78, 5) is 31.7. The fourth-order valence-corrected chi connectivity index (χ4v) is 7.05. The number of rotatable bonds is 9. The first-order valence-electron chi connectivity index (χ1n) is 16.2. The molecular formula is C36H46F2N4O3. The van der Waals surface area contributed by atoms with Crippen molar-refractivity contribution in [3.05, 3.63) is 80.3 Å². The molecule has 3 N–H and O–H groups in total. The molecule has 2 heterocycles. The maximum absolute atomic E-state index is 13.9. The van der Waals surface area contributed by atoms with E-state index in [1.165, 1.54) is 0 Å². The number of hydrogen-bond acceptors (Lipinski definition) is 5. The van der Waals surface area contributed by atoms with Crippen molar-refractivity contribution in [3.8, 4) is 11.1 Å². The van der Waals surface area contributed by atoms with Crippen LogP contribution in [-0.2, 0) is 11.3 Å². The van der Waals surface area contributed by atoms with E-state index < -0.39 is 5.92 Å². The topological polar surface area (TPSA) is 86.5 Å². The van der Waals surface area contributed by atoms with Gasteiger partial charge in [0.15, 0.2) is 0 Å². The van der Waals surface area contributed by atoms with Crippen LogP contribution in [0.2, 0.25) is 0 Å². The highest BCUT2D eigenvalue weighted by Gasteiger charge is 2.36. The van der Waals surface area contributed by atoms with Gasteiger partial charge in [0, 0.05) is 80.4 Å². The zero-order valence-electron chi connectivity index (χ0n) is 27.1. The van der Waals surface area contributed by atoms with Crippen LogP contribution in [0.15, 0.2) is 41.2 Å². The minimum atomic E-state index is -2.58. The van der Waals surface area contributed by atoms with Gasteiger partial charge in [0.05, 0.1) is 0 Å². The number of aryl methyl sites for hydroxylation is 2. The third-order valence-corrected chi connectivity index (χ3v) is 9.64. The lowest BCUT2D eigenvalue weighted by Crippen LogP contribution is -2.40. The summed E-state index contributed by atoms with van der Waals surface area (Å²) in [6.07, 6.45) is 2.56. The van der Waals surface area contributed by atoms with Gasteiger partial charge < -0.3 is 25.3 Å². The number of hydrogen-bond donors (Lipinski definition) is 3. The normalized spacial score (nSPS) is 17.2. The molecule has 1 saturated carbocycles. The maximum atomic E-state index is 13.9. The SMILES string of the molecule is CCN(c1cc(-c2ccc(C3CCC(F)(F)CC3)c(NC)c2)cc(C(=O)NCc2c(C)cc(C)[nH]c2=O)c1C)C1CCOCC1. The van der Waals surface area contributed by atoms with Crippen LogP contribution in [0.1, 0.15) is 89.7 Å². The lowest BCUT2D eigenvalue weighted by atomic mass is 9.81. The number of nitrogens with zero attached hydrogens (tertiary/aromatic N) is 1. The second-order valence-corrected chi connectivity index (χ2v) is 12.6. The predicted octanol–water partition coefficient (Wildman–Crippen LogP) is 7.24. The largest absolute Gasteiger partial charge is 0.388 e. The number of benzene rings is 2. The number of carbonyl (C=O) groups excluding carboxylic acids is 1. The van der Waals surface area contributed by atoms with E-state index in [0.29, 0.717) is 43.2 Å². The number of aromatic nitrogens is 1. The lowest BCUT2D eigenvalue weighted by Gasteiger charge is -2.37. The van der Waals surface area contributed by atoms with Gasteiger partial charge in [0.1, 0.15) is 0 Å². The smallest absolute Gasteiger partial charge is 0.253 e. The number of anilines is 2. The molecule has 5 rings (SSSR count). The summed E-state index contributed by atoms with van der Waals surface area (Å²) >= 11 is 0. The molecule has 2 aromatic carbocycles. The first kappa shape index (κ1) is 32.7. The van der Waals surface area contributed by atoms with Crippen LogP contribution < -0.4 is 21.1 Å². The molecule has 45 heavy (non-hydrogen) atoms. The molecular weight excluding hydrogens is 574 g/mol. The molecule has 0 bridgehead atoms. The van der Waals surface area contributed by atoms with Crippen LogP contribution in [-0.4, -0.2) is 49.7 Å². The molecule has 0 radical (unpaired) electrons. The number of ether oxygens (including phenoxy) is 1. The number of nitrogens with one attached hydrogen (secondary N) is 3. The number of alkyl halides is 2. The van der Waals surface area contributed by atoms with Gasteiger partial charge in [-0.3, -0.25) is 9.59 Å². The summed E-state index contributed by atoms with van der Waals surface area (Å²) < 4.78 is 33.4. The van der Waals surface area contributed by atoms with E-state index >= 15 is 0 Å². The number of amides is 1. The minimum Gasteiger partial charge on any atom is -0.388 e. The van der Waals surface area contributed by atoms with Crippen LogP contribution >= 0.6 is 0 Å². The number of H-pyrrole nitrogens is 1. The Hall–Kier alpha value is -3.72. The summed E-state index contributed by atoms with van der Waals surface area (Å²) in [6.45, 7) is 10.1. The summed E-state index contributed by atoms with van der Waals surface area (Å²) in [6, 6.07) is 12.4. The molecule has 1 saturated heterocycles. The van der Waals surface area contributed by atoms with Crippen molar-refractivity contribution in [1.29, 1.82) is 0 Å². The van der Waals surface area contributed by atoms with Crippen molar-refractivity contribution in [3.63, 3.8) is 0 Å². The molecule has 2 fully saturated rings. The zero-order valence-corrected chi connectivity index (χ0v) is 27.1. The standard InChI is InChI=1S/C36H46F2N4O3/c1-6-42(28-11-15-45-16-12-28)33-20-27(26-7-8-29(32(19-26)39-5)25-9-13-36(37,38)14-10-25)18-30(24(33)4)34(43)40-21-31-22(2)17-23(3)41-35(31)44/h7-8,17-20,25,28,39H,6,9-16,21H2,1-5H3,(H,40,43)(H,41,44). The molecule has 1 aliphatic carbocycles. The Labute approximate surface area is 264 Å². The van der Waals surface area contributed by atoms with Crippen LogP contribution in [0.3, 0.4) is 0 Å². The summed E-state index contributed by atoms with van der Waals surface area (Å²) in [7, 11) is 1.86. The number of pyridine rings is 1. The predicted molar refractivity (Wildman–Crippen MR) is 177 cm³/mol. The van der Waals surface area contributed by atoms with Crippen LogP contribution in [0.4, 0.5) is 20.2 Å². The summed E-state index contributed by atoms with van der Waals surface area (Å²) in [5.74, 6) is -2.74. The molecule has 7 nitrogen and oxygen atoms in total. The molecule has 9 heteroatoms. The third-order valence-electron chi connectivity index (χ3n) is 9.64. The lowest BCUT2D eigenvalue weighted by molar-refractivity contribution is -0.0381. The fourth-order valence-electron chi connectivity index (χ4n) is 7.05. The third kappa shape index (κ3) is 7.24. The molecule has 0 unspecified atom stereocenters. The molecule has 242 valence electrons. The van der Waals surface area contributed by atoms with Crippen LogP contribution in [0, 0.1) is 20.8 Å². The zero-order chi connectivity index (χ0) is 32.3. The van der Waals surface area contributed by atoms with Gasteiger partial charge in [-0.05, 0) is 111 Å². The quantitative estimate of drug-likeness (QED) is 0.235. The van der Waals surface area contributed by atoms with Gasteiger partial charge in [0.2, 0.25) is 5.92 Å². The first-order valence-corrected chi connectivity index (χ1v) is 16.2. The fraction of sp³-hybridized carbons (Fsp3) is 0.500. The number of halogens is 2. The summed E-state index contributed by atoms with van der Waals surface area (Å²) in [5, 5.41) is 6.31. The molecule has 1 aliphatic heterocycles. The van der Waals surface area contributed by atoms with Gasteiger partial charge in [0.25, 0.3) is 11.5 Å². The van der Waals surface area contributed by atoms with Crippen molar-refractivity contribution in [2.75, 3.05) is 37.0 Å². The van der Waals surface area contributed by atoms with E-state index in [1.54, 1.807) is 0 Å². The van der Waals surface area contributed by atoms with Crippen molar-refractivity contribution < 1.29 is 18.3 Å². The van der Waals surface area contributed by atoms with E-state index in [4.69, 9.17) is 4.74 Å². The first-order chi connectivity index (χ1) is 21.5. The second kappa shape index (κ2) is 13.7. The highest BCUT2D eigenvalue weighted by atomic mass is 19.3. The van der Waals surface area contributed by atoms with Crippen molar-refractivity contribution in [2.24, 2.45) is 0 Å². The number of carbonyl (C=O) groups is 1. The Balaban J connectivity index is 1.53. The average molecular weight is 621 g/mol. The van der Waals surface area contributed by atoms with Crippen molar-refractivity contribution >= 4 is 17.3 Å². The molecule has 3 aromatic rings. The Morgan fingerprint density at radius 3 is 2.38 bits per heavy atom. The van der Waals surface area contributed by atoms with Gasteiger partial charge in [-0.25, -0.2) is 8.78 Å². The van der Waals surface area contributed by atoms with Crippen molar-refractivity contribution in [2.45, 2.75) is 90.6 Å². The molecule has 1 aromatic heterocycles.